The molecule has 4 aromatic rings. The molecule has 0 unspecified atom stereocenters. The van der Waals surface area contributed by atoms with Crippen molar-refractivity contribution < 1.29 is 4.79 Å². The third kappa shape index (κ3) is 4.40. The van der Waals surface area contributed by atoms with Crippen molar-refractivity contribution in [2.75, 3.05) is 0 Å². The van der Waals surface area contributed by atoms with Crippen LogP contribution in [0.25, 0.3) is 10.9 Å². The molecule has 1 N–H and O–H groups in total. The largest absolute Gasteiger partial charge is 0.330 e. The van der Waals surface area contributed by atoms with Crippen LogP contribution in [0, 0.1) is 20.8 Å². The SMILES string of the molecule is Cc1ccc(C(=O)N(Cc2cccnc2)Cc2cc3ccc(C)c(C)c3[nH]c2=O)cc1. The Balaban J connectivity index is 1.72. The number of hydrogen-bond donors (Lipinski definition) is 1. The van der Waals surface area contributed by atoms with Crippen molar-refractivity contribution in [3.8, 4) is 0 Å². The van der Waals surface area contributed by atoms with E-state index in [0.717, 1.165) is 33.2 Å². The fourth-order valence-electron chi connectivity index (χ4n) is 3.68. The third-order valence-corrected chi connectivity index (χ3v) is 5.67. The van der Waals surface area contributed by atoms with Crippen molar-refractivity contribution in [1.29, 1.82) is 0 Å². The van der Waals surface area contributed by atoms with E-state index in [4.69, 9.17) is 0 Å². The monoisotopic (exact) mass is 411 g/mol. The molecule has 31 heavy (non-hydrogen) atoms. The van der Waals surface area contributed by atoms with Crippen LogP contribution < -0.4 is 5.56 Å². The molecule has 0 bridgehead atoms. The van der Waals surface area contributed by atoms with E-state index >= 15 is 0 Å². The van der Waals surface area contributed by atoms with Gasteiger partial charge in [-0.2, -0.15) is 0 Å². The van der Waals surface area contributed by atoms with Gasteiger partial charge in [0.25, 0.3) is 11.5 Å². The predicted molar refractivity (Wildman–Crippen MR) is 123 cm³/mol. The van der Waals surface area contributed by atoms with Crippen LogP contribution in [0.2, 0.25) is 0 Å². The van der Waals surface area contributed by atoms with E-state index in [0.29, 0.717) is 17.7 Å². The zero-order chi connectivity index (χ0) is 22.0. The van der Waals surface area contributed by atoms with Crippen LogP contribution >= 0.6 is 0 Å². The predicted octanol–water partition coefficient (Wildman–Crippen LogP) is 4.69. The maximum absolute atomic E-state index is 13.3. The minimum atomic E-state index is -0.172. The highest BCUT2D eigenvalue weighted by Gasteiger charge is 2.19. The first-order chi connectivity index (χ1) is 14.9. The Kier molecular flexibility index (Phi) is 5.67. The molecule has 0 spiro atoms. The number of aryl methyl sites for hydroxylation is 3. The zero-order valence-corrected chi connectivity index (χ0v) is 18.0. The van der Waals surface area contributed by atoms with Gasteiger partial charge in [0.15, 0.2) is 0 Å². The summed E-state index contributed by atoms with van der Waals surface area (Å²) >= 11 is 0. The van der Waals surface area contributed by atoms with Crippen molar-refractivity contribution in [1.82, 2.24) is 14.9 Å². The first-order valence-corrected chi connectivity index (χ1v) is 10.3. The third-order valence-electron chi connectivity index (χ3n) is 5.67. The van der Waals surface area contributed by atoms with Gasteiger partial charge in [-0.25, -0.2) is 0 Å². The summed E-state index contributed by atoms with van der Waals surface area (Å²) in [6.07, 6.45) is 3.44. The Morgan fingerprint density at radius 3 is 2.48 bits per heavy atom. The molecule has 5 heteroatoms. The molecular formula is C26H25N3O2. The topological polar surface area (TPSA) is 66.1 Å². The highest BCUT2D eigenvalue weighted by molar-refractivity contribution is 5.94. The highest BCUT2D eigenvalue weighted by Crippen LogP contribution is 2.20. The quantitative estimate of drug-likeness (QED) is 0.518. The van der Waals surface area contributed by atoms with E-state index in [9.17, 15) is 9.59 Å². The smallest absolute Gasteiger partial charge is 0.254 e. The van der Waals surface area contributed by atoms with Crippen molar-refractivity contribution in [2.24, 2.45) is 0 Å². The molecule has 0 atom stereocenters. The van der Waals surface area contributed by atoms with E-state index in [-0.39, 0.29) is 18.0 Å². The zero-order valence-electron chi connectivity index (χ0n) is 18.0. The van der Waals surface area contributed by atoms with Gasteiger partial charge < -0.3 is 9.88 Å². The number of benzene rings is 2. The lowest BCUT2D eigenvalue weighted by molar-refractivity contribution is 0.0729. The summed E-state index contributed by atoms with van der Waals surface area (Å²) in [5.74, 6) is -0.122. The maximum atomic E-state index is 13.3. The minimum absolute atomic E-state index is 0.122. The van der Waals surface area contributed by atoms with Gasteiger partial charge in [0.1, 0.15) is 0 Å². The number of hydrogen-bond acceptors (Lipinski definition) is 3. The lowest BCUT2D eigenvalue weighted by Gasteiger charge is -2.23. The van der Waals surface area contributed by atoms with Crippen molar-refractivity contribution >= 4 is 16.8 Å². The average molecular weight is 412 g/mol. The molecule has 2 aromatic carbocycles. The second kappa shape index (κ2) is 8.56. The molecule has 2 aromatic heterocycles. The number of carbonyl (C=O) groups is 1. The van der Waals surface area contributed by atoms with Gasteiger partial charge in [-0.3, -0.25) is 14.6 Å². The Morgan fingerprint density at radius 1 is 1.00 bits per heavy atom. The number of H-pyrrole nitrogens is 1. The normalized spacial score (nSPS) is 10.9. The van der Waals surface area contributed by atoms with Gasteiger partial charge in [-0.05, 0) is 67.1 Å². The summed E-state index contributed by atoms with van der Waals surface area (Å²) in [5.41, 5.74) is 6.01. The van der Waals surface area contributed by atoms with E-state index < -0.39 is 0 Å². The summed E-state index contributed by atoms with van der Waals surface area (Å²) < 4.78 is 0. The molecule has 0 aliphatic heterocycles. The Bertz CT molecular complexity index is 1290. The Morgan fingerprint density at radius 2 is 1.77 bits per heavy atom. The van der Waals surface area contributed by atoms with Crippen LogP contribution in [0.4, 0.5) is 0 Å². The van der Waals surface area contributed by atoms with E-state index in [1.807, 2.05) is 75.4 Å². The van der Waals surface area contributed by atoms with Crippen LogP contribution in [0.15, 0.2) is 71.8 Å². The Labute approximate surface area is 181 Å². The molecule has 0 aliphatic rings. The number of amides is 1. The molecule has 2 heterocycles. The van der Waals surface area contributed by atoms with Gasteiger partial charge in [0.2, 0.25) is 0 Å². The number of pyridine rings is 2. The average Bonchev–Trinajstić information content (AvgIpc) is 2.78. The van der Waals surface area contributed by atoms with Crippen LogP contribution in [0.5, 0.6) is 0 Å². The van der Waals surface area contributed by atoms with Gasteiger partial charge in [0, 0.05) is 30.1 Å². The van der Waals surface area contributed by atoms with E-state index in [2.05, 4.69) is 9.97 Å². The first-order valence-electron chi connectivity index (χ1n) is 10.3. The van der Waals surface area contributed by atoms with Crippen molar-refractivity contribution in [3.05, 3.63) is 111 Å². The second-order valence-electron chi connectivity index (χ2n) is 7.98. The number of nitrogens with one attached hydrogen (secondary N) is 1. The molecular weight excluding hydrogens is 386 g/mol. The first kappa shape index (κ1) is 20.5. The number of aromatic amines is 1. The Hall–Kier alpha value is -3.73. The number of nitrogens with zero attached hydrogens (tertiary/aromatic N) is 2. The fourth-order valence-corrected chi connectivity index (χ4v) is 3.68. The molecule has 5 nitrogen and oxygen atoms in total. The fraction of sp³-hybridized carbons (Fsp3) is 0.192. The van der Waals surface area contributed by atoms with Crippen molar-refractivity contribution in [3.63, 3.8) is 0 Å². The standard InChI is InChI=1S/C26H25N3O2/c1-17-6-9-21(10-7-17)26(31)29(15-20-5-4-12-27-14-20)16-23-13-22-11-8-18(2)19(3)24(22)28-25(23)30/h4-14H,15-16H2,1-3H3,(H,28,30). The van der Waals surface area contributed by atoms with Gasteiger partial charge in [0.05, 0.1) is 12.1 Å². The maximum Gasteiger partial charge on any atom is 0.254 e. The lowest BCUT2D eigenvalue weighted by Crippen LogP contribution is -2.32. The number of aromatic nitrogens is 2. The molecule has 0 aliphatic carbocycles. The summed E-state index contributed by atoms with van der Waals surface area (Å²) in [7, 11) is 0. The van der Waals surface area contributed by atoms with E-state index in [1.165, 1.54) is 0 Å². The van der Waals surface area contributed by atoms with E-state index in [1.54, 1.807) is 17.3 Å². The molecule has 0 fully saturated rings. The summed E-state index contributed by atoms with van der Waals surface area (Å²) in [4.78, 5) is 35.1. The highest BCUT2D eigenvalue weighted by atomic mass is 16.2. The van der Waals surface area contributed by atoms with Crippen LogP contribution in [-0.2, 0) is 13.1 Å². The molecule has 4 rings (SSSR count). The van der Waals surface area contributed by atoms with Crippen molar-refractivity contribution in [2.45, 2.75) is 33.9 Å². The van der Waals surface area contributed by atoms with Crippen LogP contribution in [0.3, 0.4) is 0 Å². The van der Waals surface area contributed by atoms with Crippen LogP contribution in [0.1, 0.15) is 38.2 Å². The number of fused-ring (bicyclic) bond motifs is 1. The van der Waals surface area contributed by atoms with Gasteiger partial charge in [-0.1, -0.05) is 35.9 Å². The molecule has 1 amide bonds. The molecule has 0 saturated heterocycles. The number of carbonyl (C=O) groups excluding carboxylic acids is 1. The lowest BCUT2D eigenvalue weighted by atomic mass is 10.0. The second-order valence-corrected chi connectivity index (χ2v) is 7.98. The van der Waals surface area contributed by atoms with Gasteiger partial charge in [-0.15, -0.1) is 0 Å². The summed E-state index contributed by atoms with van der Waals surface area (Å²) in [6, 6.07) is 17.2. The molecule has 0 radical (unpaired) electrons. The molecule has 0 saturated carbocycles. The number of rotatable bonds is 5. The van der Waals surface area contributed by atoms with Crippen LogP contribution in [-0.4, -0.2) is 20.8 Å². The molecule has 156 valence electrons. The minimum Gasteiger partial charge on any atom is -0.330 e. The summed E-state index contributed by atoms with van der Waals surface area (Å²) in [6.45, 7) is 6.59. The summed E-state index contributed by atoms with van der Waals surface area (Å²) in [5, 5.41) is 0.960. The van der Waals surface area contributed by atoms with Gasteiger partial charge >= 0.3 is 0 Å².